The monoisotopic (exact) mass is 339 g/mol. The highest BCUT2D eigenvalue weighted by atomic mass is 79.9. The second kappa shape index (κ2) is 6.83. The molecule has 2 rings (SSSR count). The summed E-state index contributed by atoms with van der Waals surface area (Å²) < 4.78 is 6.49. The second-order valence-electron chi connectivity index (χ2n) is 4.05. The van der Waals surface area contributed by atoms with Crippen molar-refractivity contribution >= 4 is 33.2 Å². The van der Waals surface area contributed by atoms with Gasteiger partial charge < -0.3 is 10.1 Å². The van der Waals surface area contributed by atoms with Gasteiger partial charge in [0.25, 0.3) is 0 Å². The zero-order valence-electron chi connectivity index (χ0n) is 10.6. The molecule has 0 saturated carbocycles. The average molecular weight is 341 g/mol. The van der Waals surface area contributed by atoms with Crippen molar-refractivity contribution < 1.29 is 4.74 Å². The molecule has 0 amide bonds. The SMILES string of the molecule is CCOc1cccc(NCc2cc(Br)ccc2Cl)c1. The summed E-state index contributed by atoms with van der Waals surface area (Å²) >= 11 is 9.61. The van der Waals surface area contributed by atoms with Crippen LogP contribution in [0.25, 0.3) is 0 Å². The first-order valence-corrected chi connectivity index (χ1v) is 7.27. The van der Waals surface area contributed by atoms with E-state index in [0.29, 0.717) is 13.2 Å². The Labute approximate surface area is 126 Å². The summed E-state index contributed by atoms with van der Waals surface area (Å²) in [7, 11) is 0. The van der Waals surface area contributed by atoms with Gasteiger partial charge in [0.15, 0.2) is 0 Å². The first kappa shape index (κ1) is 14.2. The number of hydrogen-bond acceptors (Lipinski definition) is 2. The first-order valence-electron chi connectivity index (χ1n) is 6.09. The molecule has 4 heteroatoms. The van der Waals surface area contributed by atoms with E-state index >= 15 is 0 Å². The fourth-order valence-electron chi connectivity index (χ4n) is 1.74. The minimum Gasteiger partial charge on any atom is -0.494 e. The van der Waals surface area contributed by atoms with E-state index in [9.17, 15) is 0 Å². The Balaban J connectivity index is 2.05. The third-order valence-corrected chi connectivity index (χ3v) is 3.50. The topological polar surface area (TPSA) is 21.3 Å². The van der Waals surface area contributed by atoms with Gasteiger partial charge in [-0.15, -0.1) is 0 Å². The Bertz CT molecular complexity index is 560. The fourth-order valence-corrected chi connectivity index (χ4v) is 2.33. The van der Waals surface area contributed by atoms with Crippen LogP contribution in [-0.2, 0) is 6.54 Å². The number of ether oxygens (including phenoxy) is 1. The standard InChI is InChI=1S/C15H15BrClNO/c1-2-19-14-5-3-4-13(9-14)18-10-11-8-12(16)6-7-15(11)17/h3-9,18H,2,10H2,1H3. The molecule has 2 aromatic carbocycles. The average Bonchev–Trinajstić information content (AvgIpc) is 2.41. The van der Waals surface area contributed by atoms with Crippen LogP contribution in [0.2, 0.25) is 5.02 Å². The van der Waals surface area contributed by atoms with Gasteiger partial charge in [-0.2, -0.15) is 0 Å². The van der Waals surface area contributed by atoms with Crippen molar-refractivity contribution in [2.75, 3.05) is 11.9 Å². The van der Waals surface area contributed by atoms with Crippen LogP contribution in [0, 0.1) is 0 Å². The van der Waals surface area contributed by atoms with Crippen molar-refractivity contribution in [3.05, 3.63) is 57.5 Å². The largest absolute Gasteiger partial charge is 0.494 e. The van der Waals surface area contributed by atoms with E-state index in [2.05, 4.69) is 21.2 Å². The molecule has 0 fully saturated rings. The summed E-state index contributed by atoms with van der Waals surface area (Å²) in [6.07, 6.45) is 0. The number of halogens is 2. The third kappa shape index (κ3) is 4.15. The normalized spacial score (nSPS) is 10.3. The van der Waals surface area contributed by atoms with Gasteiger partial charge in [-0.25, -0.2) is 0 Å². The Kier molecular flexibility index (Phi) is 5.11. The van der Waals surface area contributed by atoms with Crippen LogP contribution in [0.15, 0.2) is 46.9 Å². The summed E-state index contributed by atoms with van der Waals surface area (Å²) in [5, 5.41) is 4.10. The highest BCUT2D eigenvalue weighted by Gasteiger charge is 2.02. The van der Waals surface area contributed by atoms with Gasteiger partial charge in [0, 0.05) is 27.8 Å². The van der Waals surface area contributed by atoms with Gasteiger partial charge in [0.1, 0.15) is 5.75 Å². The van der Waals surface area contributed by atoms with Crippen LogP contribution >= 0.6 is 27.5 Å². The van der Waals surface area contributed by atoms with E-state index in [1.54, 1.807) is 0 Å². The summed E-state index contributed by atoms with van der Waals surface area (Å²) in [5.74, 6) is 0.868. The smallest absolute Gasteiger partial charge is 0.121 e. The molecule has 1 N–H and O–H groups in total. The molecule has 2 nitrogen and oxygen atoms in total. The highest BCUT2D eigenvalue weighted by molar-refractivity contribution is 9.10. The number of nitrogens with one attached hydrogen (secondary N) is 1. The lowest BCUT2D eigenvalue weighted by Crippen LogP contribution is -2.00. The minimum atomic E-state index is 0.668. The summed E-state index contributed by atoms with van der Waals surface area (Å²) in [4.78, 5) is 0. The fraction of sp³-hybridized carbons (Fsp3) is 0.200. The van der Waals surface area contributed by atoms with Crippen LogP contribution in [0.1, 0.15) is 12.5 Å². The van der Waals surface area contributed by atoms with E-state index in [1.807, 2.05) is 49.4 Å². The lowest BCUT2D eigenvalue weighted by molar-refractivity contribution is 0.340. The maximum atomic E-state index is 6.16. The van der Waals surface area contributed by atoms with Crippen molar-refractivity contribution in [1.29, 1.82) is 0 Å². The van der Waals surface area contributed by atoms with Gasteiger partial charge in [0.05, 0.1) is 6.61 Å². The van der Waals surface area contributed by atoms with E-state index in [0.717, 1.165) is 26.5 Å². The second-order valence-corrected chi connectivity index (χ2v) is 5.37. The molecule has 0 unspecified atom stereocenters. The van der Waals surface area contributed by atoms with Crippen LogP contribution in [0.5, 0.6) is 5.75 Å². The zero-order valence-corrected chi connectivity index (χ0v) is 13.0. The minimum absolute atomic E-state index is 0.668. The van der Waals surface area contributed by atoms with E-state index in [1.165, 1.54) is 0 Å². The quantitative estimate of drug-likeness (QED) is 0.816. The maximum absolute atomic E-state index is 6.16. The molecular formula is C15H15BrClNO. The summed E-state index contributed by atoms with van der Waals surface area (Å²) in [6.45, 7) is 3.32. The maximum Gasteiger partial charge on any atom is 0.121 e. The lowest BCUT2D eigenvalue weighted by Gasteiger charge is -2.10. The molecule has 0 atom stereocenters. The van der Waals surface area contributed by atoms with E-state index in [4.69, 9.17) is 16.3 Å². The van der Waals surface area contributed by atoms with Crippen LogP contribution in [0.4, 0.5) is 5.69 Å². The molecule has 0 saturated heterocycles. The van der Waals surface area contributed by atoms with Gasteiger partial charge in [0.2, 0.25) is 0 Å². The zero-order chi connectivity index (χ0) is 13.7. The van der Waals surface area contributed by atoms with Gasteiger partial charge in [-0.05, 0) is 42.8 Å². The van der Waals surface area contributed by atoms with Crippen molar-refractivity contribution in [1.82, 2.24) is 0 Å². The summed E-state index contributed by atoms with van der Waals surface area (Å²) in [6, 6.07) is 13.7. The van der Waals surface area contributed by atoms with Gasteiger partial charge in [-0.3, -0.25) is 0 Å². The molecule has 0 spiro atoms. The predicted octanol–water partition coefficient (Wildman–Crippen LogP) is 5.11. The molecule has 0 aliphatic carbocycles. The third-order valence-electron chi connectivity index (χ3n) is 2.64. The van der Waals surface area contributed by atoms with Crippen LogP contribution in [-0.4, -0.2) is 6.61 Å². The van der Waals surface area contributed by atoms with Crippen molar-refractivity contribution in [2.24, 2.45) is 0 Å². The number of benzene rings is 2. The Morgan fingerprint density at radius 2 is 2.05 bits per heavy atom. The highest BCUT2D eigenvalue weighted by Crippen LogP contribution is 2.23. The number of anilines is 1. The first-order chi connectivity index (χ1) is 9.19. The number of rotatable bonds is 5. The van der Waals surface area contributed by atoms with Crippen LogP contribution < -0.4 is 10.1 Å². The van der Waals surface area contributed by atoms with E-state index < -0.39 is 0 Å². The molecule has 19 heavy (non-hydrogen) atoms. The van der Waals surface area contributed by atoms with E-state index in [-0.39, 0.29) is 0 Å². The number of hydrogen-bond donors (Lipinski definition) is 1. The van der Waals surface area contributed by atoms with Gasteiger partial charge in [-0.1, -0.05) is 33.6 Å². The molecular weight excluding hydrogens is 326 g/mol. The van der Waals surface area contributed by atoms with Crippen LogP contribution in [0.3, 0.4) is 0 Å². The molecule has 0 aliphatic rings. The molecule has 100 valence electrons. The Morgan fingerprint density at radius 1 is 1.21 bits per heavy atom. The lowest BCUT2D eigenvalue weighted by atomic mass is 10.2. The van der Waals surface area contributed by atoms with Gasteiger partial charge >= 0.3 is 0 Å². The Morgan fingerprint density at radius 3 is 2.84 bits per heavy atom. The Hall–Kier alpha value is -1.19. The van der Waals surface area contributed by atoms with Crippen molar-refractivity contribution in [3.8, 4) is 5.75 Å². The molecule has 0 heterocycles. The molecule has 0 bridgehead atoms. The molecule has 0 radical (unpaired) electrons. The van der Waals surface area contributed by atoms with Crippen molar-refractivity contribution in [3.63, 3.8) is 0 Å². The van der Waals surface area contributed by atoms with Crippen molar-refractivity contribution in [2.45, 2.75) is 13.5 Å². The molecule has 2 aromatic rings. The summed E-state index contributed by atoms with van der Waals surface area (Å²) in [5.41, 5.74) is 2.07. The molecule has 0 aromatic heterocycles. The predicted molar refractivity (Wildman–Crippen MR) is 84.1 cm³/mol. The molecule has 0 aliphatic heterocycles.